The average Bonchev–Trinajstić information content (AvgIpc) is 3.55. The average molecular weight is 448 g/mol. The van der Waals surface area contributed by atoms with Crippen molar-refractivity contribution in [2.45, 2.75) is 0 Å². The summed E-state index contributed by atoms with van der Waals surface area (Å²) in [7, 11) is 0. The van der Waals surface area contributed by atoms with Gasteiger partial charge in [-0.1, -0.05) is 41.6 Å². The third kappa shape index (κ3) is 3.90. The van der Waals surface area contributed by atoms with E-state index in [-0.39, 0.29) is 17.4 Å². The molecular weight excluding hydrogens is 433 g/mol. The summed E-state index contributed by atoms with van der Waals surface area (Å²) in [6, 6.07) is 19.3. The molecule has 0 unspecified atom stereocenters. The van der Waals surface area contributed by atoms with Crippen molar-refractivity contribution in [2.75, 3.05) is 5.32 Å². The molecule has 1 amide bonds. The second-order valence-corrected chi connectivity index (χ2v) is 8.38. The smallest absolute Gasteiger partial charge is 0.277 e. The highest BCUT2D eigenvalue weighted by atomic mass is 32.1. The number of nitrogens with one attached hydrogen (secondary N) is 1. The Hall–Kier alpha value is -3.62. The van der Waals surface area contributed by atoms with Gasteiger partial charge in [0.25, 0.3) is 5.91 Å². The molecule has 0 fully saturated rings. The summed E-state index contributed by atoms with van der Waals surface area (Å²) in [6.07, 6.45) is 0. The normalized spacial score (nSPS) is 10.9. The van der Waals surface area contributed by atoms with Gasteiger partial charge in [-0.3, -0.25) is 4.79 Å². The first-order valence-electron chi connectivity index (χ1n) is 9.31. The first-order chi connectivity index (χ1) is 15.2. The number of halogens is 1. The summed E-state index contributed by atoms with van der Waals surface area (Å²) < 4.78 is 19.4. The summed E-state index contributed by atoms with van der Waals surface area (Å²) >= 11 is 2.85. The van der Waals surface area contributed by atoms with Crippen molar-refractivity contribution < 1.29 is 13.7 Å². The standard InChI is InChI=1S/C23H14FN3O2S2/c24-16-8-3-1-6-14(16)23-26-19(13-31-23)15-7-2-4-9-17(15)25-22(28)18-12-20(29-27-18)21-10-5-11-30-21/h1-13H,(H,25,28). The lowest BCUT2D eigenvalue weighted by Crippen LogP contribution is -2.12. The summed E-state index contributed by atoms with van der Waals surface area (Å²) in [6.45, 7) is 0. The van der Waals surface area contributed by atoms with E-state index >= 15 is 0 Å². The molecule has 3 aromatic heterocycles. The lowest BCUT2D eigenvalue weighted by Gasteiger charge is -2.08. The second kappa shape index (κ2) is 8.25. The zero-order valence-corrected chi connectivity index (χ0v) is 17.5. The number of hydrogen-bond donors (Lipinski definition) is 1. The fraction of sp³-hybridized carbons (Fsp3) is 0. The number of carbonyl (C=O) groups is 1. The van der Waals surface area contributed by atoms with Crippen molar-refractivity contribution in [1.82, 2.24) is 10.1 Å². The Morgan fingerprint density at radius 1 is 0.968 bits per heavy atom. The summed E-state index contributed by atoms with van der Waals surface area (Å²) in [5.41, 5.74) is 2.60. The van der Waals surface area contributed by atoms with Gasteiger partial charge in [0.2, 0.25) is 0 Å². The van der Waals surface area contributed by atoms with Crippen LogP contribution in [0.25, 0.3) is 32.5 Å². The molecular formula is C23H14FN3O2S2. The molecule has 1 N–H and O–H groups in total. The van der Waals surface area contributed by atoms with Crippen molar-refractivity contribution in [2.24, 2.45) is 0 Å². The zero-order valence-electron chi connectivity index (χ0n) is 15.9. The van der Waals surface area contributed by atoms with E-state index in [1.54, 1.807) is 30.3 Å². The zero-order chi connectivity index (χ0) is 21.2. The predicted octanol–water partition coefficient (Wildman–Crippen LogP) is 6.59. The van der Waals surface area contributed by atoms with Gasteiger partial charge in [-0.25, -0.2) is 9.37 Å². The van der Waals surface area contributed by atoms with Crippen molar-refractivity contribution >= 4 is 34.3 Å². The maximum Gasteiger partial charge on any atom is 0.277 e. The molecule has 0 atom stereocenters. The van der Waals surface area contributed by atoms with E-state index in [1.807, 2.05) is 41.1 Å². The molecule has 0 aliphatic carbocycles. The number of benzene rings is 2. The number of aromatic nitrogens is 2. The maximum absolute atomic E-state index is 14.1. The molecule has 2 aromatic carbocycles. The number of thiophene rings is 1. The third-order valence-corrected chi connectivity index (χ3v) is 6.33. The van der Waals surface area contributed by atoms with E-state index in [9.17, 15) is 9.18 Å². The molecule has 31 heavy (non-hydrogen) atoms. The van der Waals surface area contributed by atoms with E-state index in [2.05, 4.69) is 15.5 Å². The van der Waals surface area contributed by atoms with Crippen molar-refractivity contribution in [1.29, 1.82) is 0 Å². The molecule has 0 spiro atoms. The van der Waals surface area contributed by atoms with Gasteiger partial charge < -0.3 is 9.84 Å². The van der Waals surface area contributed by atoms with Crippen LogP contribution in [0.15, 0.2) is 82.0 Å². The van der Waals surface area contributed by atoms with Gasteiger partial charge in [0.15, 0.2) is 11.5 Å². The Labute approximate surface area is 184 Å². The van der Waals surface area contributed by atoms with E-state index in [4.69, 9.17) is 4.52 Å². The Kier molecular flexibility index (Phi) is 5.15. The minimum absolute atomic E-state index is 0.184. The lowest BCUT2D eigenvalue weighted by atomic mass is 10.1. The number of thiazole rings is 1. The topological polar surface area (TPSA) is 68.0 Å². The number of hydrogen-bond acceptors (Lipinski definition) is 6. The van der Waals surface area contributed by atoms with Crippen molar-refractivity contribution in [3.8, 4) is 32.5 Å². The highest BCUT2D eigenvalue weighted by Gasteiger charge is 2.17. The number of amides is 1. The number of carbonyl (C=O) groups excluding carboxylic acids is 1. The van der Waals surface area contributed by atoms with Crippen LogP contribution < -0.4 is 5.32 Å². The van der Waals surface area contributed by atoms with Crippen LogP contribution in [0.1, 0.15) is 10.5 Å². The molecule has 5 rings (SSSR count). The van der Waals surface area contributed by atoms with Crippen LogP contribution >= 0.6 is 22.7 Å². The van der Waals surface area contributed by atoms with Gasteiger partial charge in [0.05, 0.1) is 16.3 Å². The SMILES string of the molecule is O=C(Nc1ccccc1-c1csc(-c2ccccc2F)n1)c1cc(-c2cccs2)on1. The van der Waals surface area contributed by atoms with Crippen LogP contribution in [-0.2, 0) is 0 Å². The van der Waals surface area contributed by atoms with Gasteiger partial charge >= 0.3 is 0 Å². The highest BCUT2D eigenvalue weighted by Crippen LogP contribution is 2.34. The molecule has 0 bridgehead atoms. The Balaban J connectivity index is 1.41. The number of rotatable bonds is 5. The predicted molar refractivity (Wildman–Crippen MR) is 121 cm³/mol. The Bertz CT molecular complexity index is 1360. The number of nitrogens with zero attached hydrogens (tertiary/aromatic N) is 2. The van der Waals surface area contributed by atoms with Gasteiger partial charge in [0.1, 0.15) is 10.8 Å². The largest absolute Gasteiger partial charge is 0.355 e. The minimum atomic E-state index is -0.386. The van der Waals surface area contributed by atoms with Gasteiger partial charge in [-0.2, -0.15) is 0 Å². The fourth-order valence-electron chi connectivity index (χ4n) is 3.07. The van der Waals surface area contributed by atoms with E-state index in [1.165, 1.54) is 28.7 Å². The van der Waals surface area contributed by atoms with Gasteiger partial charge in [-0.15, -0.1) is 22.7 Å². The molecule has 3 heterocycles. The van der Waals surface area contributed by atoms with Crippen LogP contribution in [0, 0.1) is 5.82 Å². The molecule has 0 radical (unpaired) electrons. The molecule has 0 aliphatic heterocycles. The van der Waals surface area contributed by atoms with Crippen molar-refractivity contribution in [3.05, 3.63) is 89.0 Å². The molecule has 5 nitrogen and oxygen atoms in total. The van der Waals surface area contributed by atoms with Crippen LogP contribution in [-0.4, -0.2) is 16.0 Å². The van der Waals surface area contributed by atoms with Crippen molar-refractivity contribution in [3.63, 3.8) is 0 Å². The highest BCUT2D eigenvalue weighted by molar-refractivity contribution is 7.13. The van der Waals surface area contributed by atoms with Crippen LogP contribution in [0.2, 0.25) is 0 Å². The van der Waals surface area contributed by atoms with Gasteiger partial charge in [-0.05, 0) is 29.6 Å². The fourth-order valence-corrected chi connectivity index (χ4v) is 4.59. The number of para-hydroxylation sites is 1. The van der Waals surface area contributed by atoms with Crippen LogP contribution in [0.5, 0.6) is 0 Å². The van der Waals surface area contributed by atoms with Crippen LogP contribution in [0.3, 0.4) is 0 Å². The second-order valence-electron chi connectivity index (χ2n) is 6.57. The molecule has 152 valence electrons. The first kappa shape index (κ1) is 19.3. The summed E-state index contributed by atoms with van der Waals surface area (Å²) in [5, 5.41) is 11.1. The molecule has 8 heteroatoms. The van der Waals surface area contributed by atoms with E-state index in [0.717, 1.165) is 10.4 Å². The third-order valence-electron chi connectivity index (χ3n) is 4.57. The monoisotopic (exact) mass is 447 g/mol. The van der Waals surface area contributed by atoms with Crippen LogP contribution in [0.4, 0.5) is 10.1 Å². The Morgan fingerprint density at radius 2 is 1.77 bits per heavy atom. The minimum Gasteiger partial charge on any atom is -0.355 e. The first-order valence-corrected chi connectivity index (χ1v) is 11.1. The lowest BCUT2D eigenvalue weighted by molar-refractivity contribution is 0.101. The van der Waals surface area contributed by atoms with E-state index < -0.39 is 0 Å². The molecule has 0 saturated heterocycles. The summed E-state index contributed by atoms with van der Waals surface area (Å²) in [4.78, 5) is 18.2. The molecule has 5 aromatic rings. The summed E-state index contributed by atoms with van der Waals surface area (Å²) in [5.74, 6) is -0.163. The van der Waals surface area contributed by atoms with E-state index in [0.29, 0.717) is 27.7 Å². The number of anilines is 1. The Morgan fingerprint density at radius 3 is 2.58 bits per heavy atom. The maximum atomic E-state index is 14.1. The molecule has 0 saturated carbocycles. The van der Waals surface area contributed by atoms with Gasteiger partial charge in [0, 0.05) is 22.6 Å². The quantitative estimate of drug-likeness (QED) is 0.330. The molecule has 0 aliphatic rings.